The summed E-state index contributed by atoms with van der Waals surface area (Å²) in [5.74, 6) is -0.381. The number of amides is 2. The topological polar surface area (TPSA) is 122 Å². The van der Waals surface area contributed by atoms with E-state index in [0.29, 0.717) is 36.8 Å². The van der Waals surface area contributed by atoms with Crippen LogP contribution in [0.1, 0.15) is 46.2 Å². The van der Waals surface area contributed by atoms with E-state index in [9.17, 15) is 19.2 Å². The molecule has 0 aliphatic carbocycles. The largest absolute Gasteiger partial charge is 0.464 e. The molecule has 1 aromatic heterocycles. The highest BCUT2D eigenvalue weighted by molar-refractivity contribution is 7.99. The van der Waals surface area contributed by atoms with Gasteiger partial charge in [-0.05, 0) is 19.8 Å². The predicted octanol–water partition coefficient (Wildman–Crippen LogP) is 1.53. The average Bonchev–Trinajstić information content (AvgIpc) is 3.13. The van der Waals surface area contributed by atoms with Crippen molar-refractivity contribution < 1.29 is 23.9 Å². The zero-order chi connectivity index (χ0) is 23.5. The molecule has 3 rings (SSSR count). The Labute approximate surface area is 191 Å². The molecule has 32 heavy (non-hydrogen) atoms. The Morgan fingerprint density at radius 2 is 1.97 bits per heavy atom. The van der Waals surface area contributed by atoms with E-state index in [1.807, 2.05) is 20.8 Å². The van der Waals surface area contributed by atoms with E-state index in [-0.39, 0.29) is 41.9 Å². The average molecular weight is 467 g/mol. The fourth-order valence-corrected chi connectivity index (χ4v) is 4.54. The van der Waals surface area contributed by atoms with Gasteiger partial charge in [0.2, 0.25) is 5.91 Å². The van der Waals surface area contributed by atoms with Gasteiger partial charge in [-0.3, -0.25) is 14.5 Å². The van der Waals surface area contributed by atoms with Crippen LogP contribution in [0.4, 0.5) is 4.79 Å². The molecule has 1 N–H and O–H groups in total. The van der Waals surface area contributed by atoms with Crippen LogP contribution in [-0.4, -0.2) is 81.9 Å². The normalized spacial score (nSPS) is 19.8. The molecule has 0 radical (unpaired) electrons. The molecule has 1 atom stereocenters. The van der Waals surface area contributed by atoms with Crippen molar-refractivity contribution >= 4 is 29.7 Å². The van der Waals surface area contributed by atoms with E-state index in [2.05, 4.69) is 9.97 Å². The van der Waals surface area contributed by atoms with Gasteiger partial charge < -0.3 is 19.4 Å². The Hall–Kier alpha value is -2.56. The molecule has 0 bridgehead atoms. The second-order valence-electron chi connectivity index (χ2n) is 8.84. The number of piperidine rings is 1. The quantitative estimate of drug-likeness (QED) is 0.381. The third-order valence-electron chi connectivity index (χ3n) is 5.50. The third-order valence-corrected chi connectivity index (χ3v) is 6.36. The second kappa shape index (κ2) is 9.93. The molecule has 10 nitrogen and oxygen atoms in total. The lowest BCUT2D eigenvalue weighted by atomic mass is 9.92. The van der Waals surface area contributed by atoms with Crippen LogP contribution in [0.2, 0.25) is 0 Å². The number of aromatic nitrogens is 2. The van der Waals surface area contributed by atoms with Gasteiger partial charge in [-0.15, -0.1) is 0 Å². The molecule has 2 aliphatic heterocycles. The minimum Gasteiger partial charge on any atom is -0.464 e. The molecule has 2 aliphatic rings. The number of cyclic esters (lactones) is 1. The number of carbonyl (C=O) groups excluding carboxylic acids is 3. The van der Waals surface area contributed by atoms with Crippen LogP contribution in [0.5, 0.6) is 0 Å². The van der Waals surface area contributed by atoms with Gasteiger partial charge in [-0.25, -0.2) is 14.6 Å². The Bertz CT molecular complexity index is 920. The van der Waals surface area contributed by atoms with Crippen molar-refractivity contribution in [3.05, 3.63) is 22.1 Å². The number of nitrogens with zero attached hydrogens (tertiary/aromatic N) is 3. The van der Waals surface area contributed by atoms with Crippen LogP contribution in [0.15, 0.2) is 16.0 Å². The lowest BCUT2D eigenvalue weighted by molar-refractivity contribution is -0.148. The number of likely N-dealkylation sites (tertiary alicyclic amines) is 1. The highest BCUT2D eigenvalue weighted by Gasteiger charge is 2.44. The van der Waals surface area contributed by atoms with E-state index >= 15 is 0 Å². The minimum atomic E-state index is -0.733. The van der Waals surface area contributed by atoms with Crippen molar-refractivity contribution in [1.82, 2.24) is 19.8 Å². The lowest BCUT2D eigenvalue weighted by Gasteiger charge is -2.37. The molecular formula is C21H30N4O6S. The predicted molar refractivity (Wildman–Crippen MR) is 117 cm³/mol. The first-order valence-corrected chi connectivity index (χ1v) is 11.7. The summed E-state index contributed by atoms with van der Waals surface area (Å²) in [7, 11) is 0. The molecule has 0 aromatic carbocycles. The SMILES string of the molecule is CCOC(=O)C1COC(=O)N1C1CCN(C(=O)CSc2nc(C(C)(C)C)cc(=O)[nH]2)CC1. The van der Waals surface area contributed by atoms with Gasteiger partial charge in [0.15, 0.2) is 11.2 Å². The van der Waals surface area contributed by atoms with Crippen molar-refractivity contribution in [2.45, 2.75) is 63.2 Å². The molecule has 0 spiro atoms. The number of carbonyl (C=O) groups is 3. The number of aromatic amines is 1. The van der Waals surface area contributed by atoms with Crippen LogP contribution in [0.3, 0.4) is 0 Å². The van der Waals surface area contributed by atoms with Crippen LogP contribution in [0.25, 0.3) is 0 Å². The van der Waals surface area contributed by atoms with Crippen molar-refractivity contribution in [1.29, 1.82) is 0 Å². The zero-order valence-electron chi connectivity index (χ0n) is 18.9. The minimum absolute atomic E-state index is 0.00766. The summed E-state index contributed by atoms with van der Waals surface area (Å²) >= 11 is 1.20. The summed E-state index contributed by atoms with van der Waals surface area (Å²) in [4.78, 5) is 59.3. The Balaban J connectivity index is 1.55. The van der Waals surface area contributed by atoms with Gasteiger partial charge in [-0.1, -0.05) is 32.5 Å². The van der Waals surface area contributed by atoms with Crippen LogP contribution in [0, 0.1) is 0 Å². The molecular weight excluding hydrogens is 436 g/mol. The van der Waals surface area contributed by atoms with E-state index in [4.69, 9.17) is 9.47 Å². The number of hydrogen-bond donors (Lipinski definition) is 1. The maximum atomic E-state index is 12.7. The van der Waals surface area contributed by atoms with Gasteiger partial charge in [-0.2, -0.15) is 0 Å². The van der Waals surface area contributed by atoms with E-state index in [1.165, 1.54) is 22.7 Å². The number of nitrogens with one attached hydrogen (secondary N) is 1. The molecule has 3 heterocycles. The highest BCUT2D eigenvalue weighted by atomic mass is 32.2. The van der Waals surface area contributed by atoms with Gasteiger partial charge in [0.25, 0.3) is 5.56 Å². The highest BCUT2D eigenvalue weighted by Crippen LogP contribution is 2.26. The van der Waals surface area contributed by atoms with Gasteiger partial charge >= 0.3 is 12.1 Å². The van der Waals surface area contributed by atoms with Crippen molar-refractivity contribution in [3.63, 3.8) is 0 Å². The molecule has 1 aromatic rings. The summed E-state index contributed by atoms with van der Waals surface area (Å²) in [6, 6.07) is 0.560. The number of ether oxygens (including phenoxy) is 2. The number of hydrogen-bond acceptors (Lipinski definition) is 8. The molecule has 2 fully saturated rings. The number of esters is 1. The monoisotopic (exact) mass is 466 g/mol. The smallest absolute Gasteiger partial charge is 0.410 e. The standard InChI is InChI=1S/C21H30N4O6S/c1-5-30-18(28)14-11-31-20(29)25(14)13-6-8-24(9-7-13)17(27)12-32-19-22-15(21(2,3)4)10-16(26)23-19/h10,13-14H,5-9,11-12H2,1-4H3,(H,22,23,26). The first-order valence-electron chi connectivity index (χ1n) is 10.7. The zero-order valence-corrected chi connectivity index (χ0v) is 19.7. The Morgan fingerprint density at radius 3 is 2.59 bits per heavy atom. The lowest BCUT2D eigenvalue weighted by Crippen LogP contribution is -2.52. The van der Waals surface area contributed by atoms with Gasteiger partial charge in [0.05, 0.1) is 18.1 Å². The van der Waals surface area contributed by atoms with E-state index < -0.39 is 18.1 Å². The summed E-state index contributed by atoms with van der Waals surface area (Å²) in [6.45, 7) is 8.80. The second-order valence-corrected chi connectivity index (χ2v) is 9.80. The number of thioether (sulfide) groups is 1. The summed E-state index contributed by atoms with van der Waals surface area (Å²) in [6.07, 6.45) is 0.587. The maximum Gasteiger partial charge on any atom is 0.410 e. The van der Waals surface area contributed by atoms with Crippen LogP contribution in [-0.2, 0) is 24.5 Å². The van der Waals surface area contributed by atoms with E-state index in [0.717, 1.165) is 0 Å². The molecule has 176 valence electrons. The van der Waals surface area contributed by atoms with Crippen LogP contribution < -0.4 is 5.56 Å². The third kappa shape index (κ3) is 5.62. The first kappa shape index (κ1) is 24.1. The van der Waals surface area contributed by atoms with Gasteiger partial charge in [0, 0.05) is 30.6 Å². The maximum absolute atomic E-state index is 12.7. The van der Waals surface area contributed by atoms with Crippen molar-refractivity contribution in [3.8, 4) is 0 Å². The number of H-pyrrole nitrogens is 1. The van der Waals surface area contributed by atoms with Gasteiger partial charge in [0.1, 0.15) is 6.61 Å². The number of rotatable bonds is 6. The molecule has 11 heteroatoms. The Morgan fingerprint density at radius 1 is 1.28 bits per heavy atom. The molecule has 2 amide bonds. The fourth-order valence-electron chi connectivity index (χ4n) is 3.76. The van der Waals surface area contributed by atoms with Crippen LogP contribution >= 0.6 is 11.8 Å². The van der Waals surface area contributed by atoms with Crippen molar-refractivity contribution in [2.75, 3.05) is 32.1 Å². The fraction of sp³-hybridized carbons (Fsp3) is 0.667. The molecule has 2 saturated heterocycles. The summed E-state index contributed by atoms with van der Waals surface area (Å²) < 4.78 is 10.1. The van der Waals surface area contributed by atoms with Crippen molar-refractivity contribution in [2.24, 2.45) is 0 Å². The van der Waals surface area contributed by atoms with E-state index in [1.54, 1.807) is 11.8 Å². The first-order chi connectivity index (χ1) is 15.1. The molecule has 0 saturated carbocycles. The Kier molecular flexibility index (Phi) is 7.47. The summed E-state index contributed by atoms with van der Waals surface area (Å²) in [5, 5.41) is 0.419. The molecule has 1 unspecified atom stereocenters. The summed E-state index contributed by atoms with van der Waals surface area (Å²) in [5.41, 5.74) is 0.160.